The summed E-state index contributed by atoms with van der Waals surface area (Å²) < 4.78 is 4.82. The number of piperidine rings is 1. The summed E-state index contributed by atoms with van der Waals surface area (Å²) in [6.07, 6.45) is 4.24. The average molecular weight is 332 g/mol. The van der Waals surface area contributed by atoms with E-state index in [4.69, 9.17) is 4.74 Å². The Hall–Kier alpha value is -2.18. The number of aliphatic hydroxyl groups is 1. The summed E-state index contributed by atoms with van der Waals surface area (Å²) in [6.45, 7) is 3.93. The molecule has 0 unspecified atom stereocenters. The largest absolute Gasteiger partial charge is 0.463 e. The monoisotopic (exact) mass is 332 g/mol. The fraction of sp³-hybridized carbons (Fsp3) is 0.444. The zero-order chi connectivity index (χ0) is 17.4. The summed E-state index contributed by atoms with van der Waals surface area (Å²) in [5.41, 5.74) is 1.57. The lowest BCUT2D eigenvalue weighted by molar-refractivity contribution is -0.137. The highest BCUT2D eigenvalue weighted by molar-refractivity contribution is 5.92. The van der Waals surface area contributed by atoms with Crippen molar-refractivity contribution < 1.29 is 19.4 Å². The first-order valence-electron chi connectivity index (χ1n) is 8.22. The molecule has 1 aliphatic heterocycles. The molecule has 1 saturated heterocycles. The maximum atomic E-state index is 12.0. The van der Waals surface area contributed by atoms with E-state index in [9.17, 15) is 14.7 Å². The van der Waals surface area contributed by atoms with Gasteiger partial charge in [0.05, 0.1) is 19.3 Å². The van der Waals surface area contributed by atoms with Gasteiger partial charge in [0.15, 0.2) is 0 Å². The molecule has 0 saturated carbocycles. The van der Waals surface area contributed by atoms with Crippen LogP contribution in [0.15, 0.2) is 30.3 Å². The third-order valence-corrected chi connectivity index (χ3v) is 3.82. The van der Waals surface area contributed by atoms with Gasteiger partial charge in [0, 0.05) is 24.9 Å². The molecular formula is C18H24N2O4. The van der Waals surface area contributed by atoms with Crippen molar-refractivity contribution in [2.45, 2.75) is 25.9 Å². The van der Waals surface area contributed by atoms with Crippen molar-refractivity contribution in [3.05, 3.63) is 35.9 Å². The van der Waals surface area contributed by atoms with Gasteiger partial charge in [-0.3, -0.25) is 9.69 Å². The number of nitrogens with one attached hydrogen (secondary N) is 1. The lowest BCUT2D eigenvalue weighted by Gasteiger charge is -2.28. The molecule has 0 aliphatic carbocycles. The summed E-state index contributed by atoms with van der Waals surface area (Å²) in [5.74, 6) is -0.442. The minimum atomic E-state index is -0.374. The molecule has 6 nitrogen and oxygen atoms in total. The Balaban J connectivity index is 1.80. The third-order valence-electron chi connectivity index (χ3n) is 3.82. The van der Waals surface area contributed by atoms with Gasteiger partial charge in [-0.05, 0) is 43.5 Å². The van der Waals surface area contributed by atoms with Gasteiger partial charge in [0.2, 0.25) is 5.91 Å². The van der Waals surface area contributed by atoms with Crippen LogP contribution in [0.5, 0.6) is 0 Å². The van der Waals surface area contributed by atoms with Gasteiger partial charge in [-0.25, -0.2) is 4.79 Å². The number of hydrogen-bond donors (Lipinski definition) is 2. The smallest absolute Gasteiger partial charge is 0.330 e. The number of aliphatic hydroxyl groups excluding tert-OH is 1. The lowest BCUT2D eigenvalue weighted by atomic mass is 10.1. The van der Waals surface area contributed by atoms with Crippen LogP contribution in [0.4, 0.5) is 5.69 Å². The second-order valence-corrected chi connectivity index (χ2v) is 5.76. The predicted octanol–water partition coefficient (Wildman–Crippen LogP) is 1.66. The van der Waals surface area contributed by atoms with Crippen LogP contribution in [0.1, 0.15) is 25.3 Å². The zero-order valence-corrected chi connectivity index (χ0v) is 13.9. The molecular weight excluding hydrogens is 308 g/mol. The van der Waals surface area contributed by atoms with Gasteiger partial charge in [0.1, 0.15) is 0 Å². The van der Waals surface area contributed by atoms with E-state index in [1.807, 2.05) is 17.0 Å². The number of amides is 1. The topological polar surface area (TPSA) is 78.9 Å². The highest BCUT2D eigenvalue weighted by Gasteiger charge is 2.18. The number of ether oxygens (including phenoxy) is 1. The number of esters is 1. The van der Waals surface area contributed by atoms with Crippen LogP contribution in [0.3, 0.4) is 0 Å². The van der Waals surface area contributed by atoms with E-state index in [1.165, 1.54) is 6.08 Å². The number of hydrogen-bond acceptors (Lipinski definition) is 5. The van der Waals surface area contributed by atoms with Gasteiger partial charge in [0.25, 0.3) is 0 Å². The highest BCUT2D eigenvalue weighted by atomic mass is 16.5. The normalized spacial score (nSPS) is 16.2. The fourth-order valence-corrected chi connectivity index (χ4v) is 2.51. The average Bonchev–Trinajstić information content (AvgIpc) is 2.56. The molecule has 0 radical (unpaired) electrons. The van der Waals surface area contributed by atoms with Crippen LogP contribution in [-0.2, 0) is 14.3 Å². The Bertz CT molecular complexity index is 575. The predicted molar refractivity (Wildman–Crippen MR) is 92.4 cm³/mol. The quantitative estimate of drug-likeness (QED) is 0.612. The van der Waals surface area contributed by atoms with E-state index in [1.54, 1.807) is 25.1 Å². The van der Waals surface area contributed by atoms with Crippen LogP contribution >= 0.6 is 0 Å². The molecule has 130 valence electrons. The van der Waals surface area contributed by atoms with Crippen molar-refractivity contribution in [3.8, 4) is 0 Å². The van der Waals surface area contributed by atoms with Crippen molar-refractivity contribution in [2.24, 2.45) is 0 Å². The van der Waals surface area contributed by atoms with Crippen molar-refractivity contribution in [1.29, 1.82) is 0 Å². The van der Waals surface area contributed by atoms with E-state index >= 15 is 0 Å². The first-order valence-corrected chi connectivity index (χ1v) is 8.22. The van der Waals surface area contributed by atoms with Gasteiger partial charge < -0.3 is 15.2 Å². The number of nitrogens with zero attached hydrogens (tertiary/aromatic N) is 1. The minimum Gasteiger partial charge on any atom is -0.463 e. The Labute approximate surface area is 142 Å². The fourth-order valence-electron chi connectivity index (χ4n) is 2.51. The van der Waals surface area contributed by atoms with Crippen molar-refractivity contribution in [3.63, 3.8) is 0 Å². The summed E-state index contributed by atoms with van der Waals surface area (Å²) in [7, 11) is 0. The Kier molecular flexibility index (Phi) is 6.96. The van der Waals surface area contributed by atoms with Crippen molar-refractivity contribution in [2.75, 3.05) is 31.6 Å². The van der Waals surface area contributed by atoms with E-state index < -0.39 is 0 Å². The summed E-state index contributed by atoms with van der Waals surface area (Å²) in [4.78, 5) is 25.3. The molecule has 1 heterocycles. The molecule has 1 aromatic rings. The molecule has 0 atom stereocenters. The van der Waals surface area contributed by atoms with Gasteiger partial charge in [-0.15, -0.1) is 0 Å². The SMILES string of the molecule is CCOC(=O)/C=C/c1ccc(NC(=O)CN2CCC(O)CC2)cc1. The van der Waals surface area contributed by atoms with E-state index in [-0.39, 0.29) is 18.0 Å². The molecule has 24 heavy (non-hydrogen) atoms. The highest BCUT2D eigenvalue weighted by Crippen LogP contribution is 2.12. The molecule has 2 rings (SSSR count). The maximum absolute atomic E-state index is 12.0. The Morgan fingerprint density at radius 1 is 1.29 bits per heavy atom. The van der Waals surface area contributed by atoms with Gasteiger partial charge >= 0.3 is 5.97 Å². The molecule has 1 fully saturated rings. The molecule has 0 spiro atoms. The van der Waals surface area contributed by atoms with Crippen molar-refractivity contribution >= 4 is 23.6 Å². The molecule has 1 aromatic carbocycles. The number of benzene rings is 1. The van der Waals surface area contributed by atoms with E-state index in [0.29, 0.717) is 18.8 Å². The Morgan fingerprint density at radius 2 is 1.96 bits per heavy atom. The van der Waals surface area contributed by atoms with E-state index in [2.05, 4.69) is 5.32 Å². The van der Waals surface area contributed by atoms with Crippen LogP contribution < -0.4 is 5.32 Å². The number of rotatable bonds is 6. The standard InChI is InChI=1S/C18H24N2O4/c1-2-24-18(23)8-5-14-3-6-15(7-4-14)19-17(22)13-20-11-9-16(21)10-12-20/h3-8,16,21H,2,9-13H2,1H3,(H,19,22)/b8-5+. The number of carbonyl (C=O) groups excluding carboxylic acids is 2. The minimum absolute atomic E-state index is 0.0683. The second-order valence-electron chi connectivity index (χ2n) is 5.76. The van der Waals surface area contributed by atoms with E-state index in [0.717, 1.165) is 31.5 Å². The third kappa shape index (κ3) is 6.14. The summed E-state index contributed by atoms with van der Waals surface area (Å²) >= 11 is 0. The zero-order valence-electron chi connectivity index (χ0n) is 13.9. The van der Waals surface area contributed by atoms with Crippen LogP contribution in [-0.4, -0.2) is 54.2 Å². The number of anilines is 1. The van der Waals surface area contributed by atoms with Gasteiger partial charge in [-0.2, -0.15) is 0 Å². The summed E-state index contributed by atoms with van der Waals surface area (Å²) in [6, 6.07) is 7.23. The lowest BCUT2D eigenvalue weighted by Crippen LogP contribution is -2.40. The maximum Gasteiger partial charge on any atom is 0.330 e. The van der Waals surface area contributed by atoms with Crippen LogP contribution in [0, 0.1) is 0 Å². The molecule has 6 heteroatoms. The molecule has 1 amide bonds. The first kappa shape index (κ1) is 18.2. The second kappa shape index (κ2) is 9.20. The van der Waals surface area contributed by atoms with Crippen LogP contribution in [0.25, 0.3) is 6.08 Å². The molecule has 1 aliphatic rings. The Morgan fingerprint density at radius 3 is 2.58 bits per heavy atom. The van der Waals surface area contributed by atoms with Gasteiger partial charge in [-0.1, -0.05) is 12.1 Å². The molecule has 0 aromatic heterocycles. The first-order chi connectivity index (χ1) is 11.6. The molecule has 0 bridgehead atoms. The molecule has 2 N–H and O–H groups in total. The summed E-state index contributed by atoms with van der Waals surface area (Å²) in [5, 5.41) is 12.3. The van der Waals surface area contributed by atoms with Crippen molar-refractivity contribution in [1.82, 2.24) is 4.90 Å². The number of carbonyl (C=O) groups is 2. The van der Waals surface area contributed by atoms with Crippen LogP contribution in [0.2, 0.25) is 0 Å². The number of likely N-dealkylation sites (tertiary alicyclic amines) is 1.